The van der Waals surface area contributed by atoms with Crippen molar-refractivity contribution in [1.82, 2.24) is 0 Å². The summed E-state index contributed by atoms with van der Waals surface area (Å²) in [5.41, 5.74) is 0.643. The van der Waals surface area contributed by atoms with Gasteiger partial charge in [0.2, 0.25) is 0 Å². The molecular formula is C5H7NS2. The van der Waals surface area contributed by atoms with Gasteiger partial charge in [-0.1, -0.05) is 28.2 Å². The van der Waals surface area contributed by atoms with Crippen LogP contribution >= 0.6 is 21.6 Å². The van der Waals surface area contributed by atoms with Gasteiger partial charge in [-0.3, -0.25) is 0 Å². The molecule has 0 aromatic carbocycles. The van der Waals surface area contributed by atoms with Crippen LogP contribution in [0.1, 0.15) is 0 Å². The average Bonchev–Trinajstić information content (AvgIpc) is 1.83. The molecule has 3 heteroatoms. The summed E-state index contributed by atoms with van der Waals surface area (Å²) in [7, 11) is 3.29. The predicted molar refractivity (Wildman–Crippen MR) is 40.7 cm³/mol. The monoisotopic (exact) mass is 145 g/mol. The first-order valence-electron chi connectivity index (χ1n) is 2.04. The number of hydrogen-bond donors (Lipinski definition) is 0. The molecule has 0 spiro atoms. The van der Waals surface area contributed by atoms with E-state index in [9.17, 15) is 0 Å². The molecule has 0 amide bonds. The number of hydrogen-bond acceptors (Lipinski definition) is 3. The minimum absolute atomic E-state index is 0.643. The van der Waals surface area contributed by atoms with Crippen molar-refractivity contribution < 1.29 is 0 Å². The first kappa shape index (κ1) is 7.93. The van der Waals surface area contributed by atoms with Crippen LogP contribution in [0.3, 0.4) is 0 Å². The summed E-state index contributed by atoms with van der Waals surface area (Å²) in [6.45, 7) is 3.52. The lowest BCUT2D eigenvalue weighted by Crippen LogP contribution is -1.75. The molecule has 0 atom stereocenters. The van der Waals surface area contributed by atoms with E-state index in [-0.39, 0.29) is 0 Å². The average molecular weight is 145 g/mol. The Balaban J connectivity index is 3.16. The second-order valence-electron chi connectivity index (χ2n) is 1.14. The third-order valence-electron chi connectivity index (χ3n) is 0.509. The lowest BCUT2D eigenvalue weighted by molar-refractivity contribution is 1.47. The molecular weight excluding hydrogens is 138 g/mol. The SMILES string of the molecule is C=C(C#N)CSSC. The summed E-state index contributed by atoms with van der Waals surface area (Å²) in [6.07, 6.45) is 1.98. The van der Waals surface area contributed by atoms with E-state index >= 15 is 0 Å². The smallest absolute Gasteiger partial charge is 0.0950 e. The first-order chi connectivity index (χ1) is 3.81. The van der Waals surface area contributed by atoms with E-state index in [0.29, 0.717) is 5.57 Å². The molecule has 0 saturated heterocycles. The molecule has 0 fully saturated rings. The van der Waals surface area contributed by atoms with Crippen LogP contribution in [0.2, 0.25) is 0 Å². The van der Waals surface area contributed by atoms with E-state index in [1.54, 1.807) is 21.6 Å². The molecule has 0 radical (unpaired) electrons. The maximum Gasteiger partial charge on any atom is 0.0950 e. The third-order valence-corrected chi connectivity index (χ3v) is 2.27. The lowest BCUT2D eigenvalue weighted by Gasteiger charge is -1.88. The van der Waals surface area contributed by atoms with Crippen LogP contribution in [0.4, 0.5) is 0 Å². The summed E-state index contributed by atoms with van der Waals surface area (Å²) in [5.74, 6) is 0.748. The zero-order chi connectivity index (χ0) is 6.41. The predicted octanol–water partition coefficient (Wildman–Crippen LogP) is 2.08. The molecule has 0 aliphatic rings. The Morgan fingerprint density at radius 2 is 2.50 bits per heavy atom. The number of rotatable bonds is 3. The molecule has 0 rings (SSSR count). The highest BCUT2D eigenvalue weighted by atomic mass is 33.1. The third kappa shape index (κ3) is 4.10. The zero-order valence-electron chi connectivity index (χ0n) is 4.68. The molecule has 0 N–H and O–H groups in total. The quantitative estimate of drug-likeness (QED) is 0.449. The van der Waals surface area contributed by atoms with E-state index in [1.165, 1.54) is 0 Å². The molecule has 0 aliphatic heterocycles. The van der Waals surface area contributed by atoms with Crippen molar-refractivity contribution in [2.45, 2.75) is 0 Å². The van der Waals surface area contributed by atoms with E-state index in [4.69, 9.17) is 5.26 Å². The van der Waals surface area contributed by atoms with Crippen molar-refractivity contribution in [3.05, 3.63) is 12.2 Å². The molecule has 0 aromatic heterocycles. The van der Waals surface area contributed by atoms with Crippen LogP contribution in [-0.4, -0.2) is 12.0 Å². The van der Waals surface area contributed by atoms with Gasteiger partial charge in [-0.25, -0.2) is 0 Å². The Hall–Kier alpha value is -0.0700. The minimum atomic E-state index is 0.643. The van der Waals surface area contributed by atoms with Gasteiger partial charge in [-0.2, -0.15) is 5.26 Å². The van der Waals surface area contributed by atoms with Gasteiger partial charge < -0.3 is 0 Å². The second-order valence-corrected chi connectivity index (χ2v) is 3.71. The molecule has 44 valence electrons. The summed E-state index contributed by atoms with van der Waals surface area (Å²) in [5, 5.41) is 8.19. The van der Waals surface area contributed by atoms with E-state index in [1.807, 2.05) is 12.3 Å². The van der Waals surface area contributed by atoms with Gasteiger partial charge in [0.15, 0.2) is 0 Å². The van der Waals surface area contributed by atoms with Crippen molar-refractivity contribution in [2.24, 2.45) is 0 Å². The number of nitriles is 1. The molecule has 0 bridgehead atoms. The molecule has 1 nitrogen and oxygen atoms in total. The Morgan fingerprint density at radius 1 is 1.88 bits per heavy atom. The largest absolute Gasteiger partial charge is 0.193 e. The van der Waals surface area contributed by atoms with E-state index < -0.39 is 0 Å². The fraction of sp³-hybridized carbons (Fsp3) is 0.400. The van der Waals surface area contributed by atoms with E-state index in [2.05, 4.69) is 6.58 Å². The van der Waals surface area contributed by atoms with Crippen molar-refractivity contribution in [3.63, 3.8) is 0 Å². The lowest BCUT2D eigenvalue weighted by atomic mass is 10.4. The van der Waals surface area contributed by atoms with Gasteiger partial charge in [-0.15, -0.1) is 0 Å². The van der Waals surface area contributed by atoms with Crippen LogP contribution in [0.25, 0.3) is 0 Å². The molecule has 0 unspecified atom stereocenters. The van der Waals surface area contributed by atoms with Gasteiger partial charge in [0.05, 0.1) is 6.07 Å². The van der Waals surface area contributed by atoms with Gasteiger partial charge in [0, 0.05) is 11.3 Å². The van der Waals surface area contributed by atoms with Gasteiger partial charge in [0.1, 0.15) is 0 Å². The van der Waals surface area contributed by atoms with Crippen LogP contribution in [0.5, 0.6) is 0 Å². The Kier molecular flexibility index (Phi) is 5.03. The van der Waals surface area contributed by atoms with Crippen molar-refractivity contribution in [1.29, 1.82) is 5.26 Å². The summed E-state index contributed by atoms with van der Waals surface area (Å²) >= 11 is 0. The normalized spacial score (nSPS) is 8.00. The van der Waals surface area contributed by atoms with E-state index in [0.717, 1.165) is 5.75 Å². The molecule has 8 heavy (non-hydrogen) atoms. The summed E-state index contributed by atoms with van der Waals surface area (Å²) in [6, 6.07) is 1.97. The Labute approximate surface area is 57.5 Å². The Bertz CT molecular complexity index is 114. The van der Waals surface area contributed by atoms with Crippen LogP contribution in [0, 0.1) is 11.3 Å². The first-order valence-corrected chi connectivity index (χ1v) is 4.77. The van der Waals surface area contributed by atoms with Crippen molar-refractivity contribution in [3.8, 4) is 6.07 Å². The minimum Gasteiger partial charge on any atom is -0.193 e. The van der Waals surface area contributed by atoms with Gasteiger partial charge in [-0.05, 0) is 6.26 Å². The summed E-state index contributed by atoms with van der Waals surface area (Å²) < 4.78 is 0. The fourth-order valence-corrected chi connectivity index (χ4v) is 1.27. The maximum absolute atomic E-state index is 8.19. The second kappa shape index (κ2) is 5.07. The van der Waals surface area contributed by atoms with Crippen LogP contribution in [0.15, 0.2) is 12.2 Å². The number of nitrogens with zero attached hydrogens (tertiary/aromatic N) is 1. The molecule has 0 heterocycles. The standard InChI is InChI=1S/C5H7NS2/c1-5(3-6)4-8-7-2/h1,4H2,2H3. The van der Waals surface area contributed by atoms with Crippen molar-refractivity contribution >= 4 is 21.6 Å². The van der Waals surface area contributed by atoms with Gasteiger partial charge in [0.25, 0.3) is 0 Å². The van der Waals surface area contributed by atoms with Crippen LogP contribution in [-0.2, 0) is 0 Å². The highest BCUT2D eigenvalue weighted by Crippen LogP contribution is 2.18. The zero-order valence-corrected chi connectivity index (χ0v) is 6.31. The molecule has 0 aliphatic carbocycles. The highest BCUT2D eigenvalue weighted by molar-refractivity contribution is 8.76. The highest BCUT2D eigenvalue weighted by Gasteiger charge is 1.87. The van der Waals surface area contributed by atoms with Gasteiger partial charge >= 0.3 is 0 Å². The topological polar surface area (TPSA) is 23.8 Å². The molecule has 0 saturated carbocycles. The fourth-order valence-electron chi connectivity index (χ4n) is 0.162. The van der Waals surface area contributed by atoms with Crippen molar-refractivity contribution in [2.75, 3.05) is 12.0 Å². The maximum atomic E-state index is 8.19. The molecule has 0 aromatic rings. The Morgan fingerprint density at radius 3 is 2.88 bits per heavy atom. The van der Waals surface area contributed by atoms with Crippen LogP contribution < -0.4 is 0 Å². The summed E-state index contributed by atoms with van der Waals surface area (Å²) in [4.78, 5) is 0.